The molecule has 0 bridgehead atoms. The molecule has 0 aliphatic heterocycles. The fourth-order valence-electron chi connectivity index (χ4n) is 2.07. The molecule has 1 aromatic carbocycles. The van der Waals surface area contributed by atoms with Crippen LogP contribution in [0.2, 0.25) is 0 Å². The molecule has 102 valence electrons. The molecule has 0 aliphatic rings. The number of nitrogens with two attached hydrogens (primary N) is 1. The minimum atomic E-state index is -0.280. The number of nitrogens with zero attached hydrogens (tertiary/aromatic N) is 2. The maximum Gasteiger partial charge on any atom is 0.221 e. The molecule has 2 N–H and O–H groups in total. The Kier molecular flexibility index (Phi) is 3.85. The molecule has 4 nitrogen and oxygen atoms in total. The van der Waals surface area contributed by atoms with E-state index in [4.69, 9.17) is 10.5 Å². The van der Waals surface area contributed by atoms with Crippen molar-refractivity contribution < 1.29 is 9.13 Å². The topological polar surface area (TPSA) is 53.1 Å². The summed E-state index contributed by atoms with van der Waals surface area (Å²) < 4.78 is 20.1. The van der Waals surface area contributed by atoms with Gasteiger partial charge in [-0.05, 0) is 30.2 Å². The highest BCUT2D eigenvalue weighted by Gasteiger charge is 2.20. The van der Waals surface area contributed by atoms with Crippen molar-refractivity contribution in [3.05, 3.63) is 41.3 Å². The van der Waals surface area contributed by atoms with Crippen LogP contribution < -0.4 is 10.5 Å². The third-order valence-corrected chi connectivity index (χ3v) is 2.98. The van der Waals surface area contributed by atoms with E-state index in [1.54, 1.807) is 23.9 Å². The normalized spacial score (nSPS) is 11.1. The third-order valence-electron chi connectivity index (χ3n) is 2.98. The van der Waals surface area contributed by atoms with Crippen LogP contribution in [-0.4, -0.2) is 16.9 Å². The van der Waals surface area contributed by atoms with Crippen LogP contribution in [0.4, 0.5) is 4.39 Å². The van der Waals surface area contributed by atoms with E-state index in [-0.39, 0.29) is 11.7 Å². The highest BCUT2D eigenvalue weighted by molar-refractivity contribution is 5.42. The van der Waals surface area contributed by atoms with Gasteiger partial charge >= 0.3 is 0 Å². The zero-order valence-electron chi connectivity index (χ0n) is 11.4. The molecule has 0 saturated heterocycles. The van der Waals surface area contributed by atoms with E-state index >= 15 is 0 Å². The number of methoxy groups -OCH3 is 1. The first-order chi connectivity index (χ1) is 9.08. The van der Waals surface area contributed by atoms with Crippen molar-refractivity contribution in [2.45, 2.75) is 26.3 Å². The van der Waals surface area contributed by atoms with Crippen molar-refractivity contribution in [2.75, 3.05) is 7.11 Å². The van der Waals surface area contributed by atoms with Gasteiger partial charge in [-0.25, -0.2) is 9.07 Å². The molecule has 0 fully saturated rings. The van der Waals surface area contributed by atoms with Gasteiger partial charge in [-0.1, -0.05) is 13.8 Å². The van der Waals surface area contributed by atoms with Crippen molar-refractivity contribution in [1.29, 1.82) is 0 Å². The molecule has 0 atom stereocenters. The average molecular weight is 263 g/mol. The van der Waals surface area contributed by atoms with Gasteiger partial charge in [-0.15, -0.1) is 0 Å². The van der Waals surface area contributed by atoms with E-state index < -0.39 is 0 Å². The number of hydrogen-bond acceptors (Lipinski definition) is 3. The number of rotatable bonds is 4. The Balaban J connectivity index is 2.59. The fourth-order valence-corrected chi connectivity index (χ4v) is 2.07. The Bertz CT molecular complexity index is 561. The Morgan fingerprint density at radius 3 is 2.42 bits per heavy atom. The van der Waals surface area contributed by atoms with Gasteiger partial charge < -0.3 is 10.5 Å². The maximum atomic E-state index is 13.0. The summed E-state index contributed by atoms with van der Waals surface area (Å²) in [6.07, 6.45) is 0. The number of aromatic nitrogens is 2. The molecule has 0 amide bonds. The predicted molar refractivity (Wildman–Crippen MR) is 72.1 cm³/mol. The molecule has 2 aromatic rings. The summed E-state index contributed by atoms with van der Waals surface area (Å²) in [4.78, 5) is 0. The molecule has 5 heteroatoms. The van der Waals surface area contributed by atoms with Gasteiger partial charge in [0.05, 0.1) is 24.1 Å². The van der Waals surface area contributed by atoms with Crippen LogP contribution >= 0.6 is 0 Å². The first-order valence-electron chi connectivity index (χ1n) is 6.20. The molecular formula is C14H18FN3O. The second kappa shape index (κ2) is 5.40. The number of ether oxygens (including phenoxy) is 1. The Morgan fingerprint density at radius 2 is 1.95 bits per heavy atom. The Labute approximate surface area is 112 Å². The minimum absolute atomic E-state index is 0.245. The van der Waals surface area contributed by atoms with Crippen LogP contribution in [0.25, 0.3) is 5.69 Å². The van der Waals surface area contributed by atoms with Crippen LogP contribution in [0, 0.1) is 5.82 Å². The quantitative estimate of drug-likeness (QED) is 0.922. The largest absolute Gasteiger partial charge is 0.481 e. The second-order valence-corrected chi connectivity index (χ2v) is 4.62. The van der Waals surface area contributed by atoms with Crippen LogP contribution in [0.3, 0.4) is 0 Å². The lowest BCUT2D eigenvalue weighted by Crippen LogP contribution is -2.03. The zero-order valence-corrected chi connectivity index (χ0v) is 11.4. The summed E-state index contributed by atoms with van der Waals surface area (Å²) in [5.74, 6) is 0.574. The second-order valence-electron chi connectivity index (χ2n) is 4.62. The lowest BCUT2D eigenvalue weighted by molar-refractivity contribution is 0.379. The molecule has 0 unspecified atom stereocenters. The van der Waals surface area contributed by atoms with Gasteiger partial charge in [0.25, 0.3) is 0 Å². The van der Waals surface area contributed by atoms with Crippen molar-refractivity contribution >= 4 is 0 Å². The van der Waals surface area contributed by atoms with E-state index in [9.17, 15) is 4.39 Å². The van der Waals surface area contributed by atoms with Gasteiger partial charge in [0.15, 0.2) is 0 Å². The lowest BCUT2D eigenvalue weighted by atomic mass is 10.1. The highest BCUT2D eigenvalue weighted by atomic mass is 19.1. The van der Waals surface area contributed by atoms with Crippen LogP contribution in [0.15, 0.2) is 24.3 Å². The van der Waals surface area contributed by atoms with E-state index in [2.05, 4.69) is 18.9 Å². The van der Waals surface area contributed by atoms with E-state index in [1.165, 1.54) is 12.1 Å². The number of benzene rings is 1. The molecule has 0 saturated carbocycles. The number of hydrogen-bond donors (Lipinski definition) is 1. The van der Waals surface area contributed by atoms with Crippen molar-refractivity contribution in [3.8, 4) is 11.6 Å². The Morgan fingerprint density at radius 1 is 1.32 bits per heavy atom. The molecule has 0 aliphatic carbocycles. The average Bonchev–Trinajstić information content (AvgIpc) is 2.78. The van der Waals surface area contributed by atoms with Gasteiger partial charge in [-0.2, -0.15) is 5.10 Å². The monoisotopic (exact) mass is 263 g/mol. The predicted octanol–water partition coefficient (Wildman–Crippen LogP) is 2.60. The smallest absolute Gasteiger partial charge is 0.221 e. The summed E-state index contributed by atoms with van der Waals surface area (Å²) in [6.45, 7) is 4.46. The van der Waals surface area contributed by atoms with Crippen molar-refractivity contribution in [3.63, 3.8) is 0 Å². The third kappa shape index (κ3) is 2.46. The summed E-state index contributed by atoms with van der Waals surface area (Å²) in [7, 11) is 1.58. The lowest BCUT2D eigenvalue weighted by Gasteiger charge is -2.07. The molecule has 2 rings (SSSR count). The van der Waals surface area contributed by atoms with Crippen LogP contribution in [0.1, 0.15) is 31.0 Å². The standard InChI is InChI=1S/C14H18FN3O/c1-9(2)13-12(8-16)14(19-3)18(17-13)11-6-4-10(15)5-7-11/h4-7,9H,8,16H2,1-3H3. The molecule has 1 aromatic heterocycles. The minimum Gasteiger partial charge on any atom is -0.481 e. The Hall–Kier alpha value is -1.88. The van der Waals surface area contributed by atoms with Crippen molar-refractivity contribution in [1.82, 2.24) is 9.78 Å². The molecule has 1 heterocycles. The zero-order chi connectivity index (χ0) is 14.0. The van der Waals surface area contributed by atoms with Crippen molar-refractivity contribution in [2.24, 2.45) is 5.73 Å². The van der Waals surface area contributed by atoms with Gasteiger partial charge in [0, 0.05) is 6.54 Å². The molecule has 0 radical (unpaired) electrons. The van der Waals surface area contributed by atoms with E-state index in [0.29, 0.717) is 12.4 Å². The number of halogens is 1. The van der Waals surface area contributed by atoms with Crippen LogP contribution in [-0.2, 0) is 6.54 Å². The highest BCUT2D eigenvalue weighted by Crippen LogP contribution is 2.29. The van der Waals surface area contributed by atoms with Gasteiger partial charge in [0.2, 0.25) is 5.88 Å². The van der Waals surface area contributed by atoms with Gasteiger partial charge in [0.1, 0.15) is 5.82 Å². The first kappa shape index (κ1) is 13.5. The maximum absolute atomic E-state index is 13.0. The van der Waals surface area contributed by atoms with E-state index in [1.807, 2.05) is 0 Å². The summed E-state index contributed by atoms with van der Waals surface area (Å²) in [6, 6.07) is 6.12. The first-order valence-corrected chi connectivity index (χ1v) is 6.20. The molecule has 0 spiro atoms. The van der Waals surface area contributed by atoms with Crippen LogP contribution in [0.5, 0.6) is 5.88 Å². The SMILES string of the molecule is COc1c(CN)c(C(C)C)nn1-c1ccc(F)cc1. The molecule has 19 heavy (non-hydrogen) atoms. The molecular weight excluding hydrogens is 245 g/mol. The summed E-state index contributed by atoms with van der Waals surface area (Å²) in [5.41, 5.74) is 8.33. The fraction of sp³-hybridized carbons (Fsp3) is 0.357. The van der Waals surface area contributed by atoms with E-state index in [0.717, 1.165) is 16.9 Å². The summed E-state index contributed by atoms with van der Waals surface area (Å²) in [5, 5.41) is 4.54. The summed E-state index contributed by atoms with van der Waals surface area (Å²) >= 11 is 0. The van der Waals surface area contributed by atoms with Gasteiger partial charge in [-0.3, -0.25) is 0 Å².